The standard InChI is InChI=1S/C11H16N4O7/c1-4(17)13-8-5(14-15-12)2-7(11(20)21)22-10(8)9(19)6(18)3-16/h2,5-6,8-10,16,18-19H,3H2,1H3,(H,13,17)(H,20,21)/t5-,6?,8-,9+,10-/m1/s1. The Morgan fingerprint density at radius 2 is 2.18 bits per heavy atom. The number of carbonyl (C=O) groups excluding carboxylic acids is 1. The molecule has 1 unspecified atom stereocenters. The van der Waals surface area contributed by atoms with Crippen LogP contribution in [-0.2, 0) is 14.3 Å². The van der Waals surface area contributed by atoms with Gasteiger partial charge >= 0.3 is 5.97 Å². The van der Waals surface area contributed by atoms with Gasteiger partial charge in [-0.1, -0.05) is 5.11 Å². The number of ether oxygens (including phenoxy) is 1. The van der Waals surface area contributed by atoms with Crippen LogP contribution in [0.4, 0.5) is 0 Å². The molecule has 0 radical (unpaired) electrons. The number of nitrogens with one attached hydrogen (secondary N) is 1. The molecule has 11 nitrogen and oxygen atoms in total. The molecule has 0 aliphatic carbocycles. The zero-order chi connectivity index (χ0) is 16.9. The van der Waals surface area contributed by atoms with Gasteiger partial charge in [0.05, 0.1) is 18.7 Å². The topological polar surface area (TPSA) is 185 Å². The van der Waals surface area contributed by atoms with Crippen molar-refractivity contribution in [3.05, 3.63) is 22.3 Å². The van der Waals surface area contributed by atoms with Gasteiger partial charge in [0.15, 0.2) is 0 Å². The maximum atomic E-state index is 11.3. The summed E-state index contributed by atoms with van der Waals surface area (Å²) in [5.41, 5.74) is 8.55. The third-order valence-corrected chi connectivity index (χ3v) is 2.99. The Hall–Kier alpha value is -2.33. The number of aliphatic hydroxyl groups is 3. The Morgan fingerprint density at radius 1 is 1.55 bits per heavy atom. The molecular formula is C11H16N4O7. The Morgan fingerprint density at radius 3 is 2.64 bits per heavy atom. The zero-order valence-corrected chi connectivity index (χ0v) is 11.5. The van der Waals surface area contributed by atoms with E-state index in [1.54, 1.807) is 0 Å². The molecule has 5 N–H and O–H groups in total. The van der Waals surface area contributed by atoms with Crippen LogP contribution in [0.2, 0.25) is 0 Å². The Kier molecular flexibility index (Phi) is 6.13. The second-order valence-electron chi connectivity index (χ2n) is 4.58. The third-order valence-electron chi connectivity index (χ3n) is 2.99. The molecule has 0 bridgehead atoms. The normalized spacial score (nSPS) is 26.7. The summed E-state index contributed by atoms with van der Waals surface area (Å²) in [6.45, 7) is 0.349. The van der Waals surface area contributed by atoms with Gasteiger partial charge in [-0.3, -0.25) is 4.79 Å². The number of carbonyl (C=O) groups is 2. The molecule has 1 aliphatic heterocycles. The van der Waals surface area contributed by atoms with Crippen molar-refractivity contribution in [2.24, 2.45) is 5.11 Å². The predicted molar refractivity (Wildman–Crippen MR) is 70.2 cm³/mol. The summed E-state index contributed by atoms with van der Waals surface area (Å²) >= 11 is 0. The summed E-state index contributed by atoms with van der Waals surface area (Å²) < 4.78 is 5.07. The lowest BCUT2D eigenvalue weighted by atomic mass is 9.92. The minimum Gasteiger partial charge on any atom is -0.478 e. The van der Waals surface area contributed by atoms with Gasteiger partial charge in [-0.05, 0) is 11.6 Å². The van der Waals surface area contributed by atoms with Crippen LogP contribution in [0, 0.1) is 0 Å². The van der Waals surface area contributed by atoms with Crippen LogP contribution < -0.4 is 5.32 Å². The number of amides is 1. The summed E-state index contributed by atoms with van der Waals surface area (Å²) in [4.78, 5) is 24.8. The minimum atomic E-state index is -1.72. The van der Waals surface area contributed by atoms with E-state index in [1.165, 1.54) is 0 Å². The first kappa shape index (κ1) is 17.7. The van der Waals surface area contributed by atoms with Gasteiger partial charge in [-0.2, -0.15) is 0 Å². The van der Waals surface area contributed by atoms with Crippen LogP contribution in [0.25, 0.3) is 10.4 Å². The fraction of sp³-hybridized carbons (Fsp3) is 0.636. The summed E-state index contributed by atoms with van der Waals surface area (Å²) in [6.07, 6.45) is -3.81. The number of azide groups is 1. The first-order valence-corrected chi connectivity index (χ1v) is 6.21. The van der Waals surface area contributed by atoms with Crippen molar-refractivity contribution >= 4 is 11.9 Å². The lowest BCUT2D eigenvalue weighted by Crippen LogP contribution is -2.59. The maximum Gasteiger partial charge on any atom is 0.370 e. The summed E-state index contributed by atoms with van der Waals surface area (Å²) in [5, 5.41) is 43.1. The van der Waals surface area contributed by atoms with Gasteiger partial charge in [-0.15, -0.1) is 0 Å². The van der Waals surface area contributed by atoms with Gasteiger partial charge < -0.3 is 30.5 Å². The van der Waals surface area contributed by atoms with Crippen molar-refractivity contribution in [1.82, 2.24) is 5.32 Å². The van der Waals surface area contributed by atoms with E-state index in [0.29, 0.717) is 0 Å². The molecule has 0 saturated heterocycles. The smallest absolute Gasteiger partial charge is 0.370 e. The SMILES string of the molecule is CC(=O)N[C@H]1[C@H]([C@@H](O)C(O)CO)OC(C(=O)O)=C[C@H]1N=[N+]=[N-]. The van der Waals surface area contributed by atoms with Crippen molar-refractivity contribution < 1.29 is 34.8 Å². The van der Waals surface area contributed by atoms with Crippen LogP contribution >= 0.6 is 0 Å². The minimum absolute atomic E-state index is 0.547. The third kappa shape index (κ3) is 4.09. The molecule has 22 heavy (non-hydrogen) atoms. The highest BCUT2D eigenvalue weighted by Crippen LogP contribution is 2.24. The largest absolute Gasteiger partial charge is 0.478 e. The second-order valence-corrected chi connectivity index (χ2v) is 4.58. The number of hydrogen-bond acceptors (Lipinski definition) is 7. The first-order chi connectivity index (χ1) is 10.3. The van der Waals surface area contributed by atoms with Gasteiger partial charge in [0.2, 0.25) is 11.7 Å². The highest BCUT2D eigenvalue weighted by Gasteiger charge is 2.43. The molecule has 1 amide bonds. The van der Waals surface area contributed by atoms with Crippen LogP contribution in [0.3, 0.4) is 0 Å². The number of rotatable bonds is 6. The molecule has 0 aromatic rings. The molecular weight excluding hydrogens is 300 g/mol. The molecule has 1 heterocycles. The molecule has 11 heteroatoms. The van der Waals surface area contributed by atoms with E-state index in [2.05, 4.69) is 15.3 Å². The van der Waals surface area contributed by atoms with Gasteiger partial charge in [0, 0.05) is 11.8 Å². The van der Waals surface area contributed by atoms with E-state index in [0.717, 1.165) is 13.0 Å². The summed E-state index contributed by atoms with van der Waals surface area (Å²) in [6, 6.07) is -2.27. The van der Waals surface area contributed by atoms with E-state index >= 15 is 0 Å². The van der Waals surface area contributed by atoms with E-state index < -0.39 is 54.6 Å². The number of aliphatic hydroxyl groups excluding tert-OH is 3. The summed E-state index contributed by atoms with van der Waals surface area (Å²) in [7, 11) is 0. The number of hydrogen-bond donors (Lipinski definition) is 5. The fourth-order valence-corrected chi connectivity index (χ4v) is 2.01. The van der Waals surface area contributed by atoms with Gasteiger partial charge in [-0.25, -0.2) is 4.79 Å². The average Bonchev–Trinajstić information content (AvgIpc) is 2.46. The monoisotopic (exact) mass is 316 g/mol. The molecule has 1 rings (SSSR count). The maximum absolute atomic E-state index is 11.3. The van der Waals surface area contributed by atoms with Crippen molar-refractivity contribution in [3.8, 4) is 0 Å². The van der Waals surface area contributed by atoms with Crippen molar-refractivity contribution in [1.29, 1.82) is 0 Å². The first-order valence-electron chi connectivity index (χ1n) is 6.21. The molecule has 0 saturated carbocycles. The van der Waals surface area contributed by atoms with E-state index in [9.17, 15) is 19.8 Å². The Labute approximate surface area is 124 Å². The fourth-order valence-electron chi connectivity index (χ4n) is 2.01. The number of nitrogens with zero attached hydrogens (tertiary/aromatic N) is 3. The molecule has 0 fully saturated rings. The van der Waals surface area contributed by atoms with Crippen molar-refractivity contribution in [2.75, 3.05) is 6.61 Å². The molecule has 0 aromatic carbocycles. The highest BCUT2D eigenvalue weighted by molar-refractivity contribution is 5.84. The van der Waals surface area contributed by atoms with Gasteiger partial charge in [0.1, 0.15) is 18.3 Å². The van der Waals surface area contributed by atoms with Crippen LogP contribution in [0.1, 0.15) is 6.92 Å². The summed E-state index contributed by atoms with van der Waals surface area (Å²) in [5.74, 6) is -2.63. The van der Waals surface area contributed by atoms with E-state index in [4.69, 9.17) is 20.5 Å². The van der Waals surface area contributed by atoms with Crippen molar-refractivity contribution in [3.63, 3.8) is 0 Å². The second kappa shape index (κ2) is 7.61. The van der Waals surface area contributed by atoms with E-state index in [1.807, 2.05) is 0 Å². The van der Waals surface area contributed by atoms with Gasteiger partial charge in [0.25, 0.3) is 0 Å². The predicted octanol–water partition coefficient (Wildman–Crippen LogP) is -1.75. The molecule has 0 spiro atoms. The molecule has 5 atom stereocenters. The lowest BCUT2D eigenvalue weighted by Gasteiger charge is -2.38. The molecule has 1 aliphatic rings. The Balaban J connectivity index is 3.23. The Bertz CT molecular complexity index is 517. The van der Waals surface area contributed by atoms with Crippen LogP contribution in [0.15, 0.2) is 16.9 Å². The van der Waals surface area contributed by atoms with Crippen molar-refractivity contribution in [2.45, 2.75) is 37.3 Å². The number of carboxylic acid groups (broad SMARTS) is 1. The van der Waals surface area contributed by atoms with Crippen LogP contribution in [-0.4, -0.2) is 69.3 Å². The molecule has 122 valence electrons. The zero-order valence-electron chi connectivity index (χ0n) is 11.5. The highest BCUT2D eigenvalue weighted by atomic mass is 16.5. The number of carboxylic acids is 1. The quantitative estimate of drug-likeness (QED) is 0.218. The van der Waals surface area contributed by atoms with Crippen LogP contribution in [0.5, 0.6) is 0 Å². The van der Waals surface area contributed by atoms with E-state index in [-0.39, 0.29) is 0 Å². The lowest BCUT2D eigenvalue weighted by molar-refractivity contribution is -0.145. The molecule has 0 aromatic heterocycles. The average molecular weight is 316 g/mol. The number of aliphatic carboxylic acids is 1.